The third kappa shape index (κ3) is 3.80. The minimum Gasteiger partial charge on any atom is -0.273 e. The summed E-state index contributed by atoms with van der Waals surface area (Å²) in [5, 5.41) is 5.86. The molecule has 118 valence electrons. The van der Waals surface area contributed by atoms with E-state index in [2.05, 4.69) is 5.10 Å². The first-order valence-electron chi connectivity index (χ1n) is 7.50. The molecule has 1 aliphatic rings. The van der Waals surface area contributed by atoms with Crippen molar-refractivity contribution in [3.63, 3.8) is 0 Å². The number of carbonyl (C=O) groups excluding carboxylic acids is 1. The minimum absolute atomic E-state index is 0.0296. The molecule has 0 aromatic heterocycles. The van der Waals surface area contributed by atoms with Crippen molar-refractivity contribution < 1.29 is 13.6 Å². The second-order valence-corrected chi connectivity index (χ2v) is 5.48. The summed E-state index contributed by atoms with van der Waals surface area (Å²) in [7, 11) is 0. The molecule has 0 spiro atoms. The first kappa shape index (κ1) is 15.3. The minimum atomic E-state index is -0.359. The van der Waals surface area contributed by atoms with Gasteiger partial charge in [0, 0.05) is 24.9 Å². The molecule has 23 heavy (non-hydrogen) atoms. The molecule has 1 fully saturated rings. The highest BCUT2D eigenvalue weighted by atomic mass is 19.1. The van der Waals surface area contributed by atoms with Gasteiger partial charge in [-0.15, -0.1) is 0 Å². The fourth-order valence-corrected chi connectivity index (χ4v) is 2.54. The van der Waals surface area contributed by atoms with Gasteiger partial charge in [0.1, 0.15) is 11.6 Å². The first-order valence-corrected chi connectivity index (χ1v) is 7.50. The molecule has 0 atom stereocenters. The third-order valence-electron chi connectivity index (χ3n) is 3.73. The Balaban J connectivity index is 1.94. The van der Waals surface area contributed by atoms with E-state index in [9.17, 15) is 13.6 Å². The van der Waals surface area contributed by atoms with Crippen LogP contribution in [-0.2, 0) is 11.2 Å². The predicted molar refractivity (Wildman–Crippen MR) is 84.0 cm³/mol. The van der Waals surface area contributed by atoms with E-state index in [1.807, 2.05) is 0 Å². The van der Waals surface area contributed by atoms with E-state index >= 15 is 0 Å². The van der Waals surface area contributed by atoms with Crippen LogP contribution in [0.15, 0.2) is 53.6 Å². The monoisotopic (exact) mass is 314 g/mol. The van der Waals surface area contributed by atoms with Gasteiger partial charge in [0.2, 0.25) is 5.91 Å². The molecule has 0 aliphatic carbocycles. The van der Waals surface area contributed by atoms with Crippen molar-refractivity contribution in [1.29, 1.82) is 0 Å². The molecule has 5 heteroatoms. The zero-order chi connectivity index (χ0) is 16.2. The van der Waals surface area contributed by atoms with Gasteiger partial charge >= 0.3 is 0 Å². The smallest absolute Gasteiger partial charge is 0.242 e. The maximum absolute atomic E-state index is 13.5. The summed E-state index contributed by atoms with van der Waals surface area (Å²) in [5.41, 5.74) is 2.06. The molecule has 0 radical (unpaired) electrons. The highest BCUT2D eigenvalue weighted by molar-refractivity contribution is 6.02. The molecule has 3 rings (SSSR count). The topological polar surface area (TPSA) is 32.7 Å². The maximum Gasteiger partial charge on any atom is 0.242 e. The van der Waals surface area contributed by atoms with Crippen LogP contribution in [0.1, 0.15) is 24.0 Å². The van der Waals surface area contributed by atoms with Crippen LogP contribution in [-0.4, -0.2) is 23.2 Å². The lowest BCUT2D eigenvalue weighted by atomic mass is 10.0. The molecule has 0 unspecified atom stereocenters. The second-order valence-electron chi connectivity index (χ2n) is 5.48. The normalized spacial score (nSPS) is 15.3. The van der Waals surface area contributed by atoms with Gasteiger partial charge in [0.25, 0.3) is 0 Å². The average molecular weight is 314 g/mol. The summed E-state index contributed by atoms with van der Waals surface area (Å²) in [6.07, 6.45) is 1.65. The lowest BCUT2D eigenvalue weighted by Crippen LogP contribution is -2.22. The Morgan fingerprint density at radius 1 is 1.09 bits per heavy atom. The number of benzene rings is 2. The number of halogens is 2. The van der Waals surface area contributed by atoms with E-state index in [-0.39, 0.29) is 17.5 Å². The Morgan fingerprint density at radius 3 is 2.52 bits per heavy atom. The van der Waals surface area contributed by atoms with E-state index < -0.39 is 0 Å². The highest BCUT2D eigenvalue weighted by Gasteiger charge is 2.20. The van der Waals surface area contributed by atoms with Crippen LogP contribution in [0.5, 0.6) is 0 Å². The molecule has 1 aliphatic heterocycles. The van der Waals surface area contributed by atoms with Crippen molar-refractivity contribution in [3.8, 4) is 0 Å². The Hall–Kier alpha value is -2.56. The van der Waals surface area contributed by atoms with Crippen molar-refractivity contribution >= 4 is 11.6 Å². The van der Waals surface area contributed by atoms with Gasteiger partial charge in [-0.3, -0.25) is 4.79 Å². The van der Waals surface area contributed by atoms with Gasteiger partial charge in [-0.2, -0.15) is 5.10 Å². The number of hydrogen-bond donors (Lipinski definition) is 0. The standard InChI is InChI=1S/C18H16F2N2O/c19-15-8-6-13(7-9-15)11-17(14-3-1-4-16(20)12-14)21-22-10-2-5-18(22)23/h1,3-4,6-9,12H,2,5,10-11H2. The number of hydrazone groups is 1. The summed E-state index contributed by atoms with van der Waals surface area (Å²) < 4.78 is 26.6. The zero-order valence-electron chi connectivity index (χ0n) is 12.5. The summed E-state index contributed by atoms with van der Waals surface area (Å²) >= 11 is 0. The summed E-state index contributed by atoms with van der Waals surface area (Å²) in [4.78, 5) is 11.8. The fourth-order valence-electron chi connectivity index (χ4n) is 2.54. The number of nitrogens with zero attached hydrogens (tertiary/aromatic N) is 2. The number of amides is 1. The van der Waals surface area contributed by atoms with Crippen LogP contribution in [0.4, 0.5) is 8.78 Å². The van der Waals surface area contributed by atoms with Gasteiger partial charge in [-0.05, 0) is 36.2 Å². The summed E-state index contributed by atoms with van der Waals surface area (Å²) in [6.45, 7) is 0.571. The fraction of sp³-hybridized carbons (Fsp3) is 0.222. The molecule has 1 saturated heterocycles. The summed E-state index contributed by atoms with van der Waals surface area (Å²) in [5.74, 6) is -0.701. The van der Waals surface area contributed by atoms with E-state index in [1.165, 1.54) is 29.3 Å². The number of carbonyl (C=O) groups is 1. The molecule has 3 nitrogen and oxygen atoms in total. The SMILES string of the molecule is O=C1CCCN1N=C(Cc1ccc(F)cc1)c1cccc(F)c1. The van der Waals surface area contributed by atoms with E-state index in [1.54, 1.807) is 24.3 Å². The van der Waals surface area contributed by atoms with Crippen molar-refractivity contribution in [2.45, 2.75) is 19.3 Å². The Labute approximate surface area is 133 Å². The molecular formula is C18H16F2N2O. The Morgan fingerprint density at radius 2 is 1.87 bits per heavy atom. The van der Waals surface area contributed by atoms with Gasteiger partial charge in [-0.1, -0.05) is 24.3 Å². The van der Waals surface area contributed by atoms with Crippen LogP contribution < -0.4 is 0 Å². The van der Waals surface area contributed by atoms with Gasteiger partial charge in [0.05, 0.1) is 5.71 Å². The van der Waals surface area contributed by atoms with Crippen molar-refractivity contribution in [2.75, 3.05) is 6.54 Å². The number of rotatable bonds is 4. The van der Waals surface area contributed by atoms with Crippen molar-refractivity contribution in [1.82, 2.24) is 5.01 Å². The first-order chi connectivity index (χ1) is 11.1. The Kier molecular flexibility index (Phi) is 4.46. The molecule has 1 amide bonds. The van der Waals surface area contributed by atoms with E-state index in [0.29, 0.717) is 30.7 Å². The Bertz CT molecular complexity index is 741. The third-order valence-corrected chi connectivity index (χ3v) is 3.73. The van der Waals surface area contributed by atoms with E-state index in [0.717, 1.165) is 12.0 Å². The highest BCUT2D eigenvalue weighted by Crippen LogP contribution is 2.15. The average Bonchev–Trinajstić information content (AvgIpc) is 2.94. The lowest BCUT2D eigenvalue weighted by molar-refractivity contribution is -0.127. The van der Waals surface area contributed by atoms with Crippen molar-refractivity contribution in [2.24, 2.45) is 5.10 Å². The van der Waals surface area contributed by atoms with E-state index in [4.69, 9.17) is 0 Å². The number of hydrogen-bond acceptors (Lipinski definition) is 2. The zero-order valence-corrected chi connectivity index (χ0v) is 12.5. The molecule has 2 aromatic rings. The van der Waals surface area contributed by atoms with Crippen LogP contribution >= 0.6 is 0 Å². The maximum atomic E-state index is 13.5. The summed E-state index contributed by atoms with van der Waals surface area (Å²) in [6, 6.07) is 12.2. The molecular weight excluding hydrogens is 298 g/mol. The quantitative estimate of drug-likeness (QED) is 0.795. The predicted octanol–water partition coefficient (Wildman–Crippen LogP) is 3.53. The van der Waals surface area contributed by atoms with Crippen LogP contribution in [0, 0.1) is 11.6 Å². The largest absolute Gasteiger partial charge is 0.273 e. The van der Waals surface area contributed by atoms with Gasteiger partial charge in [-0.25, -0.2) is 13.8 Å². The molecule has 2 aromatic carbocycles. The molecule has 0 saturated carbocycles. The van der Waals surface area contributed by atoms with Gasteiger partial charge < -0.3 is 0 Å². The molecule has 0 N–H and O–H groups in total. The van der Waals surface area contributed by atoms with Crippen LogP contribution in [0.3, 0.4) is 0 Å². The molecule has 1 heterocycles. The second kappa shape index (κ2) is 6.69. The molecule has 0 bridgehead atoms. The van der Waals surface area contributed by atoms with Crippen LogP contribution in [0.25, 0.3) is 0 Å². The van der Waals surface area contributed by atoms with Crippen LogP contribution in [0.2, 0.25) is 0 Å². The van der Waals surface area contributed by atoms with Crippen molar-refractivity contribution in [3.05, 3.63) is 71.3 Å². The lowest BCUT2D eigenvalue weighted by Gasteiger charge is -2.13. The van der Waals surface area contributed by atoms with Gasteiger partial charge in [0.15, 0.2) is 0 Å².